The van der Waals surface area contributed by atoms with E-state index in [1.165, 1.54) is 24.3 Å². The predicted molar refractivity (Wildman–Crippen MR) is 82.7 cm³/mol. The summed E-state index contributed by atoms with van der Waals surface area (Å²) in [6, 6.07) is 5.32. The lowest BCUT2D eigenvalue weighted by atomic mass is 10.2. The average Bonchev–Trinajstić information content (AvgIpc) is 2.41. The number of carbonyl (C=O) groups excluding carboxylic acids is 1. The van der Waals surface area contributed by atoms with Crippen LogP contribution in [0.2, 0.25) is 0 Å². The highest BCUT2D eigenvalue weighted by atomic mass is 35.5. The summed E-state index contributed by atoms with van der Waals surface area (Å²) in [5, 5.41) is 5.73. The van der Waals surface area contributed by atoms with Gasteiger partial charge in [0.25, 0.3) is 5.91 Å². The van der Waals surface area contributed by atoms with Crippen molar-refractivity contribution in [3.8, 4) is 0 Å². The van der Waals surface area contributed by atoms with Crippen molar-refractivity contribution in [3.05, 3.63) is 29.8 Å². The van der Waals surface area contributed by atoms with Gasteiger partial charge in [-0.1, -0.05) is 0 Å². The van der Waals surface area contributed by atoms with Gasteiger partial charge in [-0.05, 0) is 36.0 Å². The summed E-state index contributed by atoms with van der Waals surface area (Å²) in [6.07, 6.45) is 0. The zero-order valence-corrected chi connectivity index (χ0v) is 13.5. The second-order valence-corrected chi connectivity index (χ2v) is 5.21. The zero-order chi connectivity index (χ0) is 15.7. The molecule has 0 bridgehead atoms. The van der Waals surface area contributed by atoms with Crippen LogP contribution >= 0.6 is 24.2 Å². The fraction of sp³-hybridized carbons (Fsp3) is 0.462. The molecule has 126 valence electrons. The first-order chi connectivity index (χ1) is 9.92. The average molecular weight is 359 g/mol. The van der Waals surface area contributed by atoms with Crippen molar-refractivity contribution in [2.24, 2.45) is 0 Å². The maximum atomic E-state index is 12.2. The van der Waals surface area contributed by atoms with E-state index in [1.807, 2.05) is 0 Å². The Labute approximate surface area is 137 Å². The molecule has 0 aromatic heterocycles. The van der Waals surface area contributed by atoms with Crippen LogP contribution in [0.3, 0.4) is 0 Å². The number of thioether (sulfide) groups is 1. The molecule has 9 heteroatoms. The third kappa shape index (κ3) is 9.14. The Morgan fingerprint density at radius 3 is 2.36 bits per heavy atom. The molecular weight excluding hydrogens is 341 g/mol. The van der Waals surface area contributed by atoms with Crippen molar-refractivity contribution in [1.29, 1.82) is 0 Å². The topological polar surface area (TPSA) is 50.4 Å². The van der Waals surface area contributed by atoms with Crippen molar-refractivity contribution in [1.82, 2.24) is 10.6 Å². The number of nitrogens with one attached hydrogen (secondary N) is 2. The number of benzene rings is 1. The van der Waals surface area contributed by atoms with E-state index in [0.717, 1.165) is 0 Å². The van der Waals surface area contributed by atoms with Gasteiger partial charge in [-0.2, -0.15) is 13.2 Å². The fourth-order valence-electron chi connectivity index (χ4n) is 1.47. The molecule has 0 aliphatic heterocycles. The summed E-state index contributed by atoms with van der Waals surface area (Å²) in [7, 11) is 1.60. The summed E-state index contributed by atoms with van der Waals surface area (Å²) in [5.41, 5.74) is -3.99. The van der Waals surface area contributed by atoms with Crippen LogP contribution in [0.4, 0.5) is 13.2 Å². The van der Waals surface area contributed by atoms with E-state index in [-0.39, 0.29) is 35.0 Å². The summed E-state index contributed by atoms with van der Waals surface area (Å²) in [6.45, 7) is 2.31. The first kappa shape index (κ1) is 21.0. The number of rotatable bonds is 8. The van der Waals surface area contributed by atoms with Crippen LogP contribution in [0.1, 0.15) is 10.4 Å². The van der Waals surface area contributed by atoms with Crippen LogP contribution in [0.25, 0.3) is 0 Å². The van der Waals surface area contributed by atoms with Gasteiger partial charge in [-0.25, -0.2) is 0 Å². The minimum Gasteiger partial charge on any atom is -0.383 e. The molecule has 0 spiro atoms. The summed E-state index contributed by atoms with van der Waals surface area (Å²) >= 11 is -0.203. The number of amides is 1. The van der Waals surface area contributed by atoms with Gasteiger partial charge < -0.3 is 15.4 Å². The number of halogens is 4. The molecular formula is C13H18ClF3N2O2S. The lowest BCUT2D eigenvalue weighted by molar-refractivity contribution is -0.0328. The largest absolute Gasteiger partial charge is 0.446 e. The lowest BCUT2D eigenvalue weighted by Crippen LogP contribution is -2.33. The highest BCUT2D eigenvalue weighted by Gasteiger charge is 2.29. The Balaban J connectivity index is 0.00000441. The Hall–Kier alpha value is -0.960. The van der Waals surface area contributed by atoms with E-state index in [9.17, 15) is 18.0 Å². The van der Waals surface area contributed by atoms with E-state index in [4.69, 9.17) is 4.74 Å². The van der Waals surface area contributed by atoms with Crippen molar-refractivity contribution >= 4 is 30.1 Å². The lowest BCUT2D eigenvalue weighted by Gasteiger charge is -2.08. The van der Waals surface area contributed by atoms with Gasteiger partial charge in [-0.15, -0.1) is 12.4 Å². The maximum Gasteiger partial charge on any atom is 0.446 e. The van der Waals surface area contributed by atoms with Crippen LogP contribution in [-0.4, -0.2) is 44.8 Å². The standard InChI is InChI=1S/C13H17F3N2O2S.ClH/c1-20-9-8-17-6-7-18-12(19)10-2-4-11(5-3-10)21-13(14,15)16;/h2-5,17H,6-9H2,1H3,(H,18,19);1H. The summed E-state index contributed by atoms with van der Waals surface area (Å²) in [5.74, 6) is -0.313. The number of ether oxygens (including phenoxy) is 1. The molecule has 0 saturated carbocycles. The van der Waals surface area contributed by atoms with Crippen molar-refractivity contribution in [2.75, 3.05) is 33.4 Å². The predicted octanol–water partition coefficient (Wildman–Crippen LogP) is 2.69. The molecule has 0 saturated heterocycles. The molecule has 0 fully saturated rings. The van der Waals surface area contributed by atoms with Gasteiger partial charge in [0.2, 0.25) is 0 Å². The first-order valence-corrected chi connectivity index (χ1v) is 7.07. The Kier molecular flexibility index (Phi) is 10.2. The maximum absolute atomic E-state index is 12.2. The van der Waals surface area contributed by atoms with Crippen LogP contribution in [0, 0.1) is 0 Å². The summed E-state index contributed by atoms with van der Waals surface area (Å²) < 4.78 is 41.3. The number of carbonyl (C=O) groups is 1. The molecule has 22 heavy (non-hydrogen) atoms. The monoisotopic (exact) mass is 358 g/mol. The highest BCUT2D eigenvalue weighted by molar-refractivity contribution is 8.00. The minimum atomic E-state index is -4.32. The molecule has 2 N–H and O–H groups in total. The normalized spacial score (nSPS) is 10.9. The Morgan fingerprint density at radius 2 is 1.82 bits per heavy atom. The molecule has 0 radical (unpaired) electrons. The molecule has 1 amide bonds. The van der Waals surface area contributed by atoms with E-state index < -0.39 is 5.51 Å². The molecule has 1 rings (SSSR count). The van der Waals surface area contributed by atoms with E-state index in [0.29, 0.717) is 31.8 Å². The van der Waals surface area contributed by atoms with Gasteiger partial charge in [0.1, 0.15) is 0 Å². The van der Waals surface area contributed by atoms with Gasteiger partial charge in [0, 0.05) is 37.2 Å². The number of hydrogen-bond acceptors (Lipinski definition) is 4. The highest BCUT2D eigenvalue weighted by Crippen LogP contribution is 2.36. The van der Waals surface area contributed by atoms with Gasteiger partial charge in [0.05, 0.1) is 6.61 Å². The minimum absolute atomic E-state index is 0. The second-order valence-electron chi connectivity index (χ2n) is 4.07. The molecule has 0 atom stereocenters. The van der Waals surface area contributed by atoms with Gasteiger partial charge in [-0.3, -0.25) is 4.79 Å². The summed E-state index contributed by atoms with van der Waals surface area (Å²) in [4.78, 5) is 11.8. The third-order valence-corrected chi connectivity index (χ3v) is 3.16. The van der Waals surface area contributed by atoms with Gasteiger partial charge in [0.15, 0.2) is 0 Å². The second kappa shape index (κ2) is 10.7. The smallest absolute Gasteiger partial charge is 0.383 e. The zero-order valence-electron chi connectivity index (χ0n) is 11.9. The molecule has 0 heterocycles. The van der Waals surface area contributed by atoms with Crippen LogP contribution in [0.5, 0.6) is 0 Å². The quantitative estimate of drug-likeness (QED) is 0.554. The van der Waals surface area contributed by atoms with E-state index >= 15 is 0 Å². The molecule has 4 nitrogen and oxygen atoms in total. The van der Waals surface area contributed by atoms with E-state index in [1.54, 1.807) is 7.11 Å². The molecule has 0 unspecified atom stereocenters. The van der Waals surface area contributed by atoms with E-state index in [2.05, 4.69) is 10.6 Å². The third-order valence-electron chi connectivity index (χ3n) is 2.42. The molecule has 1 aromatic rings. The molecule has 1 aromatic carbocycles. The van der Waals surface area contributed by atoms with Crippen molar-refractivity contribution < 1.29 is 22.7 Å². The van der Waals surface area contributed by atoms with Crippen molar-refractivity contribution in [3.63, 3.8) is 0 Å². The first-order valence-electron chi connectivity index (χ1n) is 6.26. The van der Waals surface area contributed by atoms with Crippen molar-refractivity contribution in [2.45, 2.75) is 10.4 Å². The van der Waals surface area contributed by atoms with Crippen LogP contribution < -0.4 is 10.6 Å². The molecule has 0 aliphatic rings. The molecule has 0 aliphatic carbocycles. The number of alkyl halides is 3. The SMILES string of the molecule is COCCNCCNC(=O)c1ccc(SC(F)(F)F)cc1.Cl. The fourth-order valence-corrected chi connectivity index (χ4v) is 2.01. The van der Waals surface area contributed by atoms with Gasteiger partial charge >= 0.3 is 5.51 Å². The number of hydrogen-bond donors (Lipinski definition) is 2. The Bertz CT molecular complexity index is 444. The van der Waals surface area contributed by atoms with Crippen LogP contribution in [0.15, 0.2) is 29.2 Å². The number of methoxy groups -OCH3 is 1. The van der Waals surface area contributed by atoms with Crippen LogP contribution in [-0.2, 0) is 4.74 Å². The Morgan fingerprint density at radius 1 is 1.18 bits per heavy atom.